The molecule has 5 rings (SSSR count). The van der Waals surface area contributed by atoms with Gasteiger partial charge in [0.1, 0.15) is 6.04 Å². The molecule has 2 atom stereocenters. The van der Waals surface area contributed by atoms with E-state index in [4.69, 9.17) is 12.2 Å². The molecule has 0 unspecified atom stereocenters. The second-order valence-corrected chi connectivity index (χ2v) is 8.79. The molecule has 1 aliphatic heterocycles. The van der Waals surface area contributed by atoms with Crippen LogP contribution in [0.5, 0.6) is 0 Å². The van der Waals surface area contributed by atoms with Gasteiger partial charge in [-0.2, -0.15) is 0 Å². The van der Waals surface area contributed by atoms with E-state index in [1.54, 1.807) is 0 Å². The van der Waals surface area contributed by atoms with Crippen LogP contribution in [0.15, 0.2) is 85.2 Å². The summed E-state index contributed by atoms with van der Waals surface area (Å²) in [7, 11) is 0. The second-order valence-electron chi connectivity index (χ2n) is 8.40. The minimum atomic E-state index is -0.0654. The first kappa shape index (κ1) is 20.5. The van der Waals surface area contributed by atoms with Crippen molar-refractivity contribution >= 4 is 23.0 Å². The molecule has 2 aromatic carbocycles. The lowest BCUT2D eigenvalue weighted by Gasteiger charge is -2.29. The van der Waals surface area contributed by atoms with Crippen molar-refractivity contribution in [3.05, 3.63) is 113 Å². The van der Waals surface area contributed by atoms with E-state index in [1.807, 2.05) is 18.3 Å². The minimum absolute atomic E-state index is 0.0455. The number of nitrogens with zero attached hydrogens (tertiary/aromatic N) is 3. The third kappa shape index (κ3) is 3.59. The van der Waals surface area contributed by atoms with E-state index in [0.29, 0.717) is 5.11 Å². The monoisotopic (exact) mass is 438 g/mol. The third-order valence-electron chi connectivity index (χ3n) is 6.26. The summed E-state index contributed by atoms with van der Waals surface area (Å²) in [4.78, 5) is 6.91. The zero-order chi connectivity index (χ0) is 22.2. The van der Waals surface area contributed by atoms with Crippen molar-refractivity contribution in [3.8, 4) is 5.69 Å². The Kier molecular flexibility index (Phi) is 5.27. The largest absolute Gasteiger partial charge is 0.351 e. The van der Waals surface area contributed by atoms with Crippen molar-refractivity contribution in [2.75, 3.05) is 4.90 Å². The highest BCUT2D eigenvalue weighted by atomic mass is 32.1. The Labute approximate surface area is 194 Å². The van der Waals surface area contributed by atoms with E-state index in [1.165, 1.54) is 16.7 Å². The van der Waals surface area contributed by atoms with Crippen LogP contribution in [-0.4, -0.2) is 14.7 Å². The topological polar surface area (TPSA) is 33.1 Å². The number of hydrogen-bond donors (Lipinski definition) is 1. The maximum absolute atomic E-state index is 5.88. The number of pyridine rings is 1. The summed E-state index contributed by atoms with van der Waals surface area (Å²) in [5.74, 6) is 0. The Morgan fingerprint density at radius 1 is 0.844 bits per heavy atom. The van der Waals surface area contributed by atoms with Crippen LogP contribution < -0.4 is 10.2 Å². The van der Waals surface area contributed by atoms with E-state index >= 15 is 0 Å². The fourth-order valence-electron chi connectivity index (χ4n) is 4.38. The first-order valence-corrected chi connectivity index (χ1v) is 11.3. The standard InChI is InChI=1S/C27H26N4S/c1-18-9-12-21(13-10-18)30-16-6-8-24(30)26-25(23-7-4-5-15-28-23)29-27(32)31(26)22-14-11-19(2)20(3)17-22/h4-17,25-26H,1-3H3,(H,29,32)/t25-,26+/m1/s1. The van der Waals surface area contributed by atoms with Gasteiger partial charge in [0.05, 0.1) is 11.7 Å². The average molecular weight is 439 g/mol. The number of anilines is 1. The van der Waals surface area contributed by atoms with Gasteiger partial charge in [-0.25, -0.2) is 0 Å². The van der Waals surface area contributed by atoms with Crippen molar-refractivity contribution in [2.24, 2.45) is 0 Å². The molecule has 0 amide bonds. The molecule has 0 radical (unpaired) electrons. The molecule has 5 heteroatoms. The average Bonchev–Trinajstić information content (AvgIpc) is 3.41. The molecule has 0 bridgehead atoms. The Balaban J connectivity index is 1.67. The van der Waals surface area contributed by atoms with Crippen LogP contribution in [0, 0.1) is 20.8 Å². The lowest BCUT2D eigenvalue weighted by Crippen LogP contribution is -2.30. The molecule has 1 fully saturated rings. The van der Waals surface area contributed by atoms with Gasteiger partial charge in [0.2, 0.25) is 0 Å². The zero-order valence-corrected chi connectivity index (χ0v) is 19.3. The van der Waals surface area contributed by atoms with Gasteiger partial charge in [-0.3, -0.25) is 4.98 Å². The zero-order valence-electron chi connectivity index (χ0n) is 18.5. The normalized spacial score (nSPS) is 18.1. The summed E-state index contributed by atoms with van der Waals surface area (Å²) in [6, 6.07) is 25.4. The van der Waals surface area contributed by atoms with Crippen LogP contribution >= 0.6 is 12.2 Å². The molecule has 3 heterocycles. The van der Waals surface area contributed by atoms with Gasteiger partial charge >= 0.3 is 0 Å². The van der Waals surface area contributed by atoms with Gasteiger partial charge in [0.25, 0.3) is 0 Å². The highest BCUT2D eigenvalue weighted by Crippen LogP contribution is 2.42. The lowest BCUT2D eigenvalue weighted by atomic mass is 10.00. The number of rotatable bonds is 4. The molecule has 1 aliphatic rings. The summed E-state index contributed by atoms with van der Waals surface area (Å²) in [6.45, 7) is 6.39. The molecule has 32 heavy (non-hydrogen) atoms. The Bertz CT molecular complexity index is 1260. The summed E-state index contributed by atoms with van der Waals surface area (Å²) < 4.78 is 2.25. The molecule has 0 spiro atoms. The van der Waals surface area contributed by atoms with E-state index in [9.17, 15) is 0 Å². The van der Waals surface area contributed by atoms with Crippen LogP contribution in [0.3, 0.4) is 0 Å². The number of benzene rings is 2. The molecule has 160 valence electrons. The Hall–Kier alpha value is -3.44. The molecule has 1 saturated heterocycles. The summed E-state index contributed by atoms with van der Waals surface area (Å²) >= 11 is 5.88. The predicted molar refractivity (Wildman–Crippen MR) is 134 cm³/mol. The highest BCUT2D eigenvalue weighted by molar-refractivity contribution is 7.80. The van der Waals surface area contributed by atoms with Crippen molar-refractivity contribution in [1.82, 2.24) is 14.9 Å². The van der Waals surface area contributed by atoms with Crippen LogP contribution in [0.25, 0.3) is 5.69 Å². The highest BCUT2D eigenvalue weighted by Gasteiger charge is 2.42. The summed E-state index contributed by atoms with van der Waals surface area (Å²) in [5.41, 5.74) is 8.12. The molecule has 4 nitrogen and oxygen atoms in total. The van der Waals surface area contributed by atoms with Gasteiger partial charge in [-0.05, 0) is 92.6 Å². The van der Waals surface area contributed by atoms with E-state index in [2.05, 4.69) is 107 Å². The predicted octanol–water partition coefficient (Wildman–Crippen LogP) is 5.97. The number of hydrogen-bond acceptors (Lipinski definition) is 2. The first-order valence-electron chi connectivity index (χ1n) is 10.8. The van der Waals surface area contributed by atoms with Crippen LogP contribution in [0.1, 0.15) is 40.2 Å². The van der Waals surface area contributed by atoms with E-state index < -0.39 is 0 Å². The number of aromatic nitrogens is 2. The van der Waals surface area contributed by atoms with Crippen molar-refractivity contribution in [3.63, 3.8) is 0 Å². The maximum atomic E-state index is 5.88. The second kappa shape index (κ2) is 8.24. The van der Waals surface area contributed by atoms with Gasteiger partial charge in [-0.15, -0.1) is 0 Å². The molecular weight excluding hydrogens is 412 g/mol. The van der Waals surface area contributed by atoms with Gasteiger partial charge in [0, 0.05) is 29.5 Å². The van der Waals surface area contributed by atoms with Crippen LogP contribution in [0.4, 0.5) is 5.69 Å². The maximum Gasteiger partial charge on any atom is 0.174 e. The van der Waals surface area contributed by atoms with Crippen LogP contribution in [0.2, 0.25) is 0 Å². The summed E-state index contributed by atoms with van der Waals surface area (Å²) in [5, 5.41) is 4.27. The first-order chi connectivity index (χ1) is 15.5. The van der Waals surface area contributed by atoms with Gasteiger partial charge in [0.15, 0.2) is 5.11 Å². The van der Waals surface area contributed by atoms with Crippen molar-refractivity contribution < 1.29 is 0 Å². The quantitative estimate of drug-likeness (QED) is 0.398. The Morgan fingerprint density at radius 3 is 2.34 bits per heavy atom. The van der Waals surface area contributed by atoms with E-state index in [0.717, 1.165) is 22.8 Å². The number of nitrogens with one attached hydrogen (secondary N) is 1. The third-order valence-corrected chi connectivity index (χ3v) is 6.58. The van der Waals surface area contributed by atoms with Gasteiger partial charge in [-0.1, -0.05) is 29.8 Å². The molecule has 0 saturated carbocycles. The molecule has 4 aromatic rings. The van der Waals surface area contributed by atoms with Crippen LogP contribution in [-0.2, 0) is 0 Å². The molecule has 2 aromatic heterocycles. The van der Waals surface area contributed by atoms with Crippen molar-refractivity contribution in [1.29, 1.82) is 0 Å². The van der Waals surface area contributed by atoms with E-state index in [-0.39, 0.29) is 12.1 Å². The summed E-state index contributed by atoms with van der Waals surface area (Å²) in [6.07, 6.45) is 3.96. The van der Waals surface area contributed by atoms with Crippen molar-refractivity contribution in [2.45, 2.75) is 32.9 Å². The number of thiocarbonyl (C=S) groups is 1. The fourth-order valence-corrected chi connectivity index (χ4v) is 4.73. The SMILES string of the molecule is Cc1ccc(-n2cccc2[C@H]2[C@@H](c3ccccn3)NC(=S)N2c2ccc(C)c(C)c2)cc1. The molecular formula is C27H26N4S. The van der Waals surface area contributed by atoms with Gasteiger partial charge < -0.3 is 14.8 Å². The fraction of sp³-hybridized carbons (Fsp3) is 0.185. The minimum Gasteiger partial charge on any atom is -0.351 e. The smallest absolute Gasteiger partial charge is 0.174 e. The molecule has 0 aliphatic carbocycles. The lowest BCUT2D eigenvalue weighted by molar-refractivity contribution is 0.549. The Morgan fingerprint density at radius 2 is 1.62 bits per heavy atom. The molecule has 1 N–H and O–H groups in total. The number of aryl methyl sites for hydroxylation is 3.